The van der Waals surface area contributed by atoms with E-state index in [1.54, 1.807) is 0 Å². The monoisotopic (exact) mass is 263 g/mol. The number of nitrogens with one attached hydrogen (secondary N) is 1. The molecule has 0 spiro atoms. The first-order chi connectivity index (χ1) is 9.24. The van der Waals surface area contributed by atoms with Gasteiger partial charge in [0.15, 0.2) is 0 Å². The molecule has 0 saturated heterocycles. The Hall–Kier alpha value is -1.06. The zero-order valence-electron chi connectivity index (χ0n) is 12.0. The molecule has 19 heavy (non-hydrogen) atoms. The van der Waals surface area contributed by atoms with Crippen LogP contribution in [0.25, 0.3) is 0 Å². The van der Waals surface area contributed by atoms with Gasteiger partial charge in [0.25, 0.3) is 0 Å². The SMILES string of the molecule is CCNC1CCCc2ccc(OCC(C)CO)cc21. The van der Waals surface area contributed by atoms with Crippen LogP contribution in [0, 0.1) is 5.92 Å². The molecule has 0 heterocycles. The first-order valence-corrected chi connectivity index (χ1v) is 7.34. The van der Waals surface area contributed by atoms with Gasteiger partial charge >= 0.3 is 0 Å². The van der Waals surface area contributed by atoms with Gasteiger partial charge in [-0.15, -0.1) is 0 Å². The minimum Gasteiger partial charge on any atom is -0.493 e. The molecule has 2 N–H and O–H groups in total. The Labute approximate surface area is 116 Å². The average Bonchev–Trinajstić information content (AvgIpc) is 2.45. The van der Waals surface area contributed by atoms with Gasteiger partial charge in [0.2, 0.25) is 0 Å². The minimum atomic E-state index is 0.172. The van der Waals surface area contributed by atoms with E-state index < -0.39 is 0 Å². The van der Waals surface area contributed by atoms with Gasteiger partial charge < -0.3 is 15.2 Å². The van der Waals surface area contributed by atoms with Crippen LogP contribution in [0.4, 0.5) is 0 Å². The molecule has 0 aromatic heterocycles. The van der Waals surface area contributed by atoms with Gasteiger partial charge in [-0.1, -0.05) is 19.9 Å². The summed E-state index contributed by atoms with van der Waals surface area (Å²) in [5.74, 6) is 1.10. The maximum atomic E-state index is 9.03. The smallest absolute Gasteiger partial charge is 0.119 e. The van der Waals surface area contributed by atoms with E-state index in [9.17, 15) is 0 Å². The summed E-state index contributed by atoms with van der Waals surface area (Å²) in [4.78, 5) is 0. The Bertz CT molecular complexity index is 406. The highest BCUT2D eigenvalue weighted by atomic mass is 16.5. The molecule has 1 aliphatic rings. The van der Waals surface area contributed by atoms with E-state index in [0.717, 1.165) is 12.3 Å². The van der Waals surface area contributed by atoms with E-state index in [-0.39, 0.29) is 12.5 Å². The Morgan fingerprint density at radius 3 is 3.05 bits per heavy atom. The summed E-state index contributed by atoms with van der Waals surface area (Å²) in [6.07, 6.45) is 3.63. The summed E-state index contributed by atoms with van der Waals surface area (Å²) in [5.41, 5.74) is 2.84. The maximum Gasteiger partial charge on any atom is 0.119 e. The van der Waals surface area contributed by atoms with Crippen LogP contribution in [-0.2, 0) is 6.42 Å². The summed E-state index contributed by atoms with van der Waals surface area (Å²) < 4.78 is 5.76. The van der Waals surface area contributed by atoms with Crippen molar-refractivity contribution in [2.75, 3.05) is 19.8 Å². The number of ether oxygens (including phenoxy) is 1. The van der Waals surface area contributed by atoms with Crippen molar-refractivity contribution in [3.8, 4) is 5.75 Å². The van der Waals surface area contributed by atoms with Crippen molar-refractivity contribution in [2.24, 2.45) is 5.92 Å². The zero-order chi connectivity index (χ0) is 13.7. The number of hydrogen-bond acceptors (Lipinski definition) is 3. The first kappa shape index (κ1) is 14.4. The molecule has 0 saturated carbocycles. The highest BCUT2D eigenvalue weighted by molar-refractivity contribution is 5.39. The fourth-order valence-corrected chi connectivity index (χ4v) is 2.62. The molecule has 2 unspecified atom stereocenters. The molecule has 0 amide bonds. The van der Waals surface area contributed by atoms with E-state index in [4.69, 9.17) is 9.84 Å². The fraction of sp³-hybridized carbons (Fsp3) is 0.625. The second-order valence-corrected chi connectivity index (χ2v) is 5.46. The molecule has 3 heteroatoms. The lowest BCUT2D eigenvalue weighted by molar-refractivity contribution is 0.174. The number of aliphatic hydroxyl groups excluding tert-OH is 1. The molecule has 1 aromatic carbocycles. The summed E-state index contributed by atoms with van der Waals surface area (Å²) in [7, 11) is 0. The van der Waals surface area contributed by atoms with Crippen LogP contribution in [0.1, 0.15) is 43.9 Å². The second-order valence-electron chi connectivity index (χ2n) is 5.46. The van der Waals surface area contributed by atoms with Gasteiger partial charge in [0.1, 0.15) is 5.75 Å². The van der Waals surface area contributed by atoms with Crippen LogP contribution in [0.3, 0.4) is 0 Å². The van der Waals surface area contributed by atoms with E-state index in [0.29, 0.717) is 12.6 Å². The van der Waals surface area contributed by atoms with Gasteiger partial charge in [-0.3, -0.25) is 0 Å². The van der Waals surface area contributed by atoms with Crippen LogP contribution in [-0.4, -0.2) is 24.9 Å². The molecule has 0 fully saturated rings. The van der Waals surface area contributed by atoms with Crippen molar-refractivity contribution in [2.45, 2.75) is 39.2 Å². The molecule has 1 aliphatic carbocycles. The number of rotatable bonds is 6. The van der Waals surface area contributed by atoms with Crippen LogP contribution in [0.2, 0.25) is 0 Å². The zero-order valence-corrected chi connectivity index (χ0v) is 12.0. The largest absolute Gasteiger partial charge is 0.493 e. The minimum absolute atomic E-state index is 0.172. The summed E-state index contributed by atoms with van der Waals surface area (Å²) in [5, 5.41) is 12.6. The Morgan fingerprint density at radius 2 is 2.32 bits per heavy atom. The summed E-state index contributed by atoms with van der Waals surface area (Å²) in [6, 6.07) is 6.88. The molecule has 1 aromatic rings. The van der Waals surface area contributed by atoms with Crippen LogP contribution in [0.5, 0.6) is 5.75 Å². The van der Waals surface area contributed by atoms with E-state index >= 15 is 0 Å². The molecule has 0 bridgehead atoms. The van der Waals surface area contributed by atoms with Crippen LogP contribution >= 0.6 is 0 Å². The van der Waals surface area contributed by atoms with Crippen molar-refractivity contribution in [1.82, 2.24) is 5.32 Å². The number of fused-ring (bicyclic) bond motifs is 1. The third-order valence-corrected chi connectivity index (χ3v) is 3.73. The van der Waals surface area contributed by atoms with Gasteiger partial charge in [-0.25, -0.2) is 0 Å². The predicted octanol–water partition coefficient (Wildman–Crippen LogP) is 2.68. The molecule has 106 valence electrons. The molecule has 2 rings (SSSR count). The lowest BCUT2D eigenvalue weighted by Gasteiger charge is -2.26. The van der Waals surface area contributed by atoms with Crippen molar-refractivity contribution in [3.05, 3.63) is 29.3 Å². The Balaban J connectivity index is 2.09. The van der Waals surface area contributed by atoms with Crippen molar-refractivity contribution < 1.29 is 9.84 Å². The third kappa shape index (κ3) is 3.71. The molecule has 2 atom stereocenters. The Morgan fingerprint density at radius 1 is 1.47 bits per heavy atom. The molecule has 0 aliphatic heterocycles. The lowest BCUT2D eigenvalue weighted by Crippen LogP contribution is -2.25. The van der Waals surface area contributed by atoms with E-state index in [1.807, 2.05) is 6.92 Å². The quantitative estimate of drug-likeness (QED) is 0.829. The molecular formula is C16H25NO2. The molecular weight excluding hydrogens is 238 g/mol. The highest BCUT2D eigenvalue weighted by Gasteiger charge is 2.19. The topological polar surface area (TPSA) is 41.5 Å². The number of aryl methyl sites for hydroxylation is 1. The standard InChI is InChI=1S/C16H25NO2/c1-3-17-16-6-4-5-13-7-8-14(9-15(13)16)19-11-12(2)10-18/h7-9,12,16-18H,3-6,10-11H2,1-2H3. The molecule has 3 nitrogen and oxygen atoms in total. The van der Waals surface area contributed by atoms with Gasteiger partial charge in [-0.05, 0) is 49.1 Å². The van der Waals surface area contributed by atoms with Gasteiger partial charge in [0, 0.05) is 18.6 Å². The second kappa shape index (κ2) is 6.92. The van der Waals surface area contributed by atoms with Crippen molar-refractivity contribution >= 4 is 0 Å². The third-order valence-electron chi connectivity index (χ3n) is 3.73. The van der Waals surface area contributed by atoms with Crippen molar-refractivity contribution in [1.29, 1.82) is 0 Å². The average molecular weight is 263 g/mol. The normalized spacial score (nSPS) is 19.8. The van der Waals surface area contributed by atoms with Crippen LogP contribution in [0.15, 0.2) is 18.2 Å². The predicted molar refractivity (Wildman–Crippen MR) is 77.5 cm³/mol. The van der Waals surface area contributed by atoms with E-state index in [1.165, 1.54) is 30.4 Å². The Kier molecular flexibility index (Phi) is 5.23. The lowest BCUT2D eigenvalue weighted by atomic mass is 9.87. The number of aliphatic hydroxyl groups is 1. The first-order valence-electron chi connectivity index (χ1n) is 7.34. The van der Waals surface area contributed by atoms with E-state index in [2.05, 4.69) is 30.4 Å². The highest BCUT2D eigenvalue weighted by Crippen LogP contribution is 2.32. The number of hydrogen-bond donors (Lipinski definition) is 2. The fourth-order valence-electron chi connectivity index (χ4n) is 2.62. The summed E-state index contributed by atoms with van der Waals surface area (Å²) in [6.45, 7) is 5.88. The molecule has 0 radical (unpaired) electrons. The van der Waals surface area contributed by atoms with Gasteiger partial charge in [0.05, 0.1) is 6.61 Å². The van der Waals surface area contributed by atoms with Crippen molar-refractivity contribution in [3.63, 3.8) is 0 Å². The van der Waals surface area contributed by atoms with Crippen LogP contribution < -0.4 is 10.1 Å². The van der Waals surface area contributed by atoms with Gasteiger partial charge in [-0.2, -0.15) is 0 Å². The maximum absolute atomic E-state index is 9.03. The summed E-state index contributed by atoms with van der Waals surface area (Å²) >= 11 is 0. The number of benzene rings is 1.